The number of hydrogen-bond acceptors (Lipinski definition) is 7. The fourth-order valence-corrected chi connectivity index (χ4v) is 4.38. The van der Waals surface area contributed by atoms with Crippen LogP contribution in [0.25, 0.3) is 10.2 Å². The maximum absolute atomic E-state index is 13.0. The Kier molecular flexibility index (Phi) is 4.29. The van der Waals surface area contributed by atoms with Crippen LogP contribution in [-0.2, 0) is 0 Å². The average Bonchev–Trinajstić information content (AvgIpc) is 3.11. The third kappa shape index (κ3) is 3.13. The largest absolute Gasteiger partial charge is 0.477 e. The van der Waals surface area contributed by atoms with E-state index in [-0.39, 0.29) is 10.6 Å². The molecular weight excluding hydrogens is 418 g/mol. The van der Waals surface area contributed by atoms with E-state index in [0.29, 0.717) is 33.2 Å². The molecule has 31 heavy (non-hydrogen) atoms. The third-order valence-corrected chi connectivity index (χ3v) is 5.93. The van der Waals surface area contributed by atoms with Gasteiger partial charge in [-0.15, -0.1) is 11.3 Å². The van der Waals surface area contributed by atoms with Crippen molar-refractivity contribution in [1.29, 1.82) is 0 Å². The van der Waals surface area contributed by atoms with Crippen LogP contribution in [-0.4, -0.2) is 32.1 Å². The second-order valence-corrected chi connectivity index (χ2v) is 7.93. The number of aromatic carboxylic acids is 1. The van der Waals surface area contributed by atoms with Gasteiger partial charge in [-0.05, 0) is 37.6 Å². The van der Waals surface area contributed by atoms with Crippen molar-refractivity contribution in [2.24, 2.45) is 0 Å². The molecule has 4 aromatic heterocycles. The van der Waals surface area contributed by atoms with Crippen LogP contribution in [0.5, 0.6) is 11.6 Å². The number of ether oxygens (including phenoxy) is 1. The van der Waals surface area contributed by atoms with Crippen LogP contribution < -0.4 is 15.0 Å². The van der Waals surface area contributed by atoms with Crippen LogP contribution in [0, 0.1) is 13.8 Å². The highest BCUT2D eigenvalue weighted by Gasteiger charge is 2.33. The number of nitrogens with one attached hydrogen (secondary N) is 1. The number of pyridine rings is 3. The number of thiophene rings is 1. The van der Waals surface area contributed by atoms with Crippen molar-refractivity contribution in [1.82, 2.24) is 15.0 Å². The van der Waals surface area contributed by atoms with Crippen LogP contribution >= 0.6 is 11.3 Å². The average molecular weight is 433 g/mol. The zero-order chi connectivity index (χ0) is 21.7. The number of rotatable bonds is 4. The zero-order valence-corrected chi connectivity index (χ0v) is 17.2. The first kappa shape index (κ1) is 18.9. The highest BCUT2D eigenvalue weighted by Crippen LogP contribution is 2.46. The Balaban J connectivity index is 1.56. The topological polar surface area (TPSA) is 118 Å². The predicted octanol–water partition coefficient (Wildman–Crippen LogP) is 4.88. The summed E-state index contributed by atoms with van der Waals surface area (Å²) in [6.45, 7) is 3.73. The Labute approximate surface area is 180 Å². The van der Waals surface area contributed by atoms with Crippen LogP contribution in [0.4, 0.5) is 21.9 Å². The van der Waals surface area contributed by atoms with Crippen LogP contribution in [0.3, 0.4) is 0 Å². The summed E-state index contributed by atoms with van der Waals surface area (Å²) in [5.74, 6) is -0.183. The van der Waals surface area contributed by atoms with Gasteiger partial charge in [-0.2, -0.15) is 0 Å². The number of aromatic nitrogens is 3. The monoisotopic (exact) mass is 433 g/mol. The molecule has 0 spiro atoms. The Morgan fingerprint density at radius 1 is 1.13 bits per heavy atom. The molecule has 0 saturated carbocycles. The number of hydrogen-bond donors (Lipinski definition) is 2. The fraction of sp³-hybridized carbons (Fsp3) is 0.0952. The van der Waals surface area contributed by atoms with Gasteiger partial charge in [0.05, 0.1) is 34.8 Å². The number of urea groups is 1. The van der Waals surface area contributed by atoms with Crippen LogP contribution in [0.2, 0.25) is 0 Å². The summed E-state index contributed by atoms with van der Waals surface area (Å²) in [7, 11) is 0. The highest BCUT2D eigenvalue weighted by atomic mass is 32.1. The molecule has 4 aromatic rings. The molecule has 9 nitrogen and oxygen atoms in total. The number of aryl methyl sites for hydroxylation is 2. The van der Waals surface area contributed by atoms with Crippen molar-refractivity contribution < 1.29 is 19.4 Å². The maximum atomic E-state index is 13.0. The number of carbonyl (C=O) groups is 2. The molecule has 0 aliphatic carbocycles. The minimum Gasteiger partial charge on any atom is -0.477 e. The van der Waals surface area contributed by atoms with Crippen molar-refractivity contribution in [2.45, 2.75) is 13.8 Å². The second kappa shape index (κ2) is 7.03. The number of amides is 2. The smallest absolute Gasteiger partial charge is 0.348 e. The van der Waals surface area contributed by atoms with Crippen LogP contribution in [0.1, 0.15) is 20.9 Å². The predicted molar refractivity (Wildman–Crippen MR) is 116 cm³/mol. The van der Waals surface area contributed by atoms with E-state index in [1.807, 2.05) is 19.9 Å². The highest BCUT2D eigenvalue weighted by molar-refractivity contribution is 7.21. The van der Waals surface area contributed by atoms with Gasteiger partial charge in [-0.25, -0.2) is 19.6 Å². The number of carbonyl (C=O) groups excluding carboxylic acids is 1. The molecule has 0 bridgehead atoms. The molecule has 5 heterocycles. The number of carboxylic acids is 1. The van der Waals surface area contributed by atoms with Gasteiger partial charge in [0.15, 0.2) is 0 Å². The Hall–Kier alpha value is -4.05. The SMILES string of the molecule is Cc1ccc(Oc2cc(C)c(N3C(=O)Nc4c(C(=O)O)sc5nccc3c45)cn2)cn1. The standard InChI is InChI=1S/C21H15N5O4S/c1-10-7-15(30-12-4-3-11(2)23-8-12)24-9-14(10)26-13-5-6-22-19-16(13)17(25-21(26)29)18(31-19)20(27)28/h3-9H,1-2H3,(H,25,29)(H,27,28). The van der Waals surface area contributed by atoms with Gasteiger partial charge >= 0.3 is 12.0 Å². The Morgan fingerprint density at radius 3 is 2.68 bits per heavy atom. The van der Waals surface area contributed by atoms with Crippen molar-refractivity contribution >= 4 is 50.6 Å². The van der Waals surface area contributed by atoms with E-state index in [1.165, 1.54) is 4.90 Å². The van der Waals surface area contributed by atoms with Gasteiger partial charge in [0.2, 0.25) is 5.88 Å². The van der Waals surface area contributed by atoms with Gasteiger partial charge in [0.25, 0.3) is 0 Å². The molecule has 2 amide bonds. The van der Waals surface area contributed by atoms with E-state index in [9.17, 15) is 14.7 Å². The van der Waals surface area contributed by atoms with E-state index >= 15 is 0 Å². The molecule has 154 valence electrons. The normalized spacial score (nSPS) is 12.7. The zero-order valence-electron chi connectivity index (χ0n) is 16.4. The first-order valence-electron chi connectivity index (χ1n) is 9.25. The molecule has 2 N–H and O–H groups in total. The summed E-state index contributed by atoms with van der Waals surface area (Å²) >= 11 is 1.03. The van der Waals surface area contributed by atoms with Gasteiger partial charge in [0.1, 0.15) is 15.5 Å². The Morgan fingerprint density at radius 2 is 1.97 bits per heavy atom. The lowest BCUT2D eigenvalue weighted by Crippen LogP contribution is -2.34. The summed E-state index contributed by atoms with van der Waals surface area (Å²) < 4.78 is 5.76. The maximum Gasteiger partial charge on any atom is 0.348 e. The summed E-state index contributed by atoms with van der Waals surface area (Å²) in [4.78, 5) is 39.4. The van der Waals surface area contributed by atoms with Gasteiger partial charge < -0.3 is 15.2 Å². The molecule has 5 rings (SSSR count). The van der Waals surface area contributed by atoms with Gasteiger partial charge in [-0.1, -0.05) is 0 Å². The number of nitrogens with zero attached hydrogens (tertiary/aromatic N) is 4. The van der Waals surface area contributed by atoms with Crippen molar-refractivity contribution in [3.05, 3.63) is 59.0 Å². The molecule has 0 aromatic carbocycles. The fourth-order valence-electron chi connectivity index (χ4n) is 3.42. The molecule has 0 fully saturated rings. The van der Waals surface area contributed by atoms with E-state index in [1.54, 1.807) is 36.8 Å². The number of carboxylic acid groups (broad SMARTS) is 1. The minimum atomic E-state index is -1.11. The van der Waals surface area contributed by atoms with E-state index < -0.39 is 12.0 Å². The first-order chi connectivity index (χ1) is 14.9. The quantitative estimate of drug-likeness (QED) is 0.471. The lowest BCUT2D eigenvalue weighted by atomic mass is 10.1. The van der Waals surface area contributed by atoms with E-state index in [0.717, 1.165) is 22.6 Å². The summed E-state index contributed by atoms with van der Waals surface area (Å²) in [6, 6.07) is 6.59. The third-order valence-electron chi connectivity index (χ3n) is 4.85. The Bertz CT molecular complexity index is 1370. The molecular formula is C21H15N5O4S. The van der Waals surface area contributed by atoms with Gasteiger partial charge in [-0.3, -0.25) is 9.88 Å². The molecule has 10 heteroatoms. The minimum absolute atomic E-state index is 0.0493. The molecule has 1 aliphatic heterocycles. The second-order valence-electron chi connectivity index (χ2n) is 6.93. The van der Waals surface area contributed by atoms with Gasteiger partial charge in [0, 0.05) is 18.0 Å². The van der Waals surface area contributed by atoms with Crippen molar-refractivity contribution in [3.8, 4) is 11.6 Å². The summed E-state index contributed by atoms with van der Waals surface area (Å²) in [5, 5.41) is 12.8. The summed E-state index contributed by atoms with van der Waals surface area (Å²) in [6.07, 6.45) is 4.72. The number of anilines is 3. The molecule has 0 saturated heterocycles. The van der Waals surface area contributed by atoms with E-state index in [2.05, 4.69) is 20.3 Å². The molecule has 0 atom stereocenters. The van der Waals surface area contributed by atoms with Crippen molar-refractivity contribution in [2.75, 3.05) is 10.2 Å². The molecule has 0 radical (unpaired) electrons. The molecule has 1 aliphatic rings. The first-order valence-corrected chi connectivity index (χ1v) is 10.1. The summed E-state index contributed by atoms with van der Waals surface area (Å²) in [5.41, 5.74) is 3.00. The lowest BCUT2D eigenvalue weighted by molar-refractivity contribution is 0.0703. The van der Waals surface area contributed by atoms with Crippen LogP contribution in [0.15, 0.2) is 42.9 Å². The van der Waals surface area contributed by atoms with E-state index in [4.69, 9.17) is 4.74 Å². The lowest BCUT2D eigenvalue weighted by Gasteiger charge is -2.29. The van der Waals surface area contributed by atoms with Crippen molar-refractivity contribution in [3.63, 3.8) is 0 Å². The molecule has 0 unspecified atom stereocenters.